The van der Waals surface area contributed by atoms with Gasteiger partial charge in [0.2, 0.25) is 5.91 Å². The van der Waals surface area contributed by atoms with Gasteiger partial charge >= 0.3 is 0 Å². The lowest BCUT2D eigenvalue weighted by Gasteiger charge is -2.32. The van der Waals surface area contributed by atoms with Gasteiger partial charge in [-0.15, -0.1) is 11.3 Å². The fraction of sp³-hybridized carbons (Fsp3) is 0.600. The van der Waals surface area contributed by atoms with E-state index in [1.807, 2.05) is 19.1 Å². The number of halogens is 1. The molecule has 39 heavy (non-hydrogen) atoms. The monoisotopic (exact) mass is 575 g/mol. The second-order valence-electron chi connectivity index (χ2n) is 10.3. The van der Waals surface area contributed by atoms with Crippen molar-refractivity contribution in [2.45, 2.75) is 71.8 Å². The van der Waals surface area contributed by atoms with Gasteiger partial charge in [0.15, 0.2) is 5.78 Å². The van der Waals surface area contributed by atoms with Crippen LogP contribution in [0.2, 0.25) is 5.02 Å². The number of aromatic nitrogens is 1. The van der Waals surface area contributed by atoms with Crippen LogP contribution in [-0.2, 0) is 25.5 Å². The highest BCUT2D eigenvalue weighted by Gasteiger charge is 2.30. The van der Waals surface area contributed by atoms with E-state index in [0.29, 0.717) is 56.0 Å². The fourth-order valence-corrected chi connectivity index (χ4v) is 6.36. The summed E-state index contributed by atoms with van der Waals surface area (Å²) in [6.07, 6.45) is 3.47. The molecule has 1 aliphatic heterocycles. The first-order valence-electron chi connectivity index (χ1n) is 14.1. The average molecular weight is 576 g/mol. The molecule has 1 amide bonds. The molecule has 7 nitrogen and oxygen atoms in total. The Bertz CT molecular complexity index is 1140. The molecule has 2 aromatic rings. The van der Waals surface area contributed by atoms with Gasteiger partial charge in [0.05, 0.1) is 21.1 Å². The average Bonchev–Trinajstić information content (AvgIpc) is 3.34. The van der Waals surface area contributed by atoms with Crippen molar-refractivity contribution in [1.82, 2.24) is 15.2 Å². The number of fused-ring (bicyclic) bond motifs is 1. The van der Waals surface area contributed by atoms with Gasteiger partial charge < -0.3 is 10.1 Å². The molecule has 1 N–H and O–H groups in total. The number of carbonyl (C=O) groups excluding carboxylic acids is 3. The second kappa shape index (κ2) is 15.6. The summed E-state index contributed by atoms with van der Waals surface area (Å²) >= 11 is 7.65. The molecular weight excluding hydrogens is 534 g/mol. The van der Waals surface area contributed by atoms with Gasteiger partial charge in [0.1, 0.15) is 5.78 Å². The molecule has 1 fully saturated rings. The summed E-state index contributed by atoms with van der Waals surface area (Å²) in [6.45, 7) is 13.6. The van der Waals surface area contributed by atoms with Crippen molar-refractivity contribution in [3.8, 4) is 0 Å². The number of nitrogens with one attached hydrogen (secondary N) is 1. The van der Waals surface area contributed by atoms with Crippen LogP contribution in [0.3, 0.4) is 0 Å². The lowest BCUT2D eigenvalue weighted by atomic mass is 9.87. The van der Waals surface area contributed by atoms with Gasteiger partial charge in [-0.25, -0.2) is 4.98 Å². The highest BCUT2D eigenvalue weighted by Crippen LogP contribution is 2.28. The molecule has 0 saturated carbocycles. The van der Waals surface area contributed by atoms with Gasteiger partial charge in [0.25, 0.3) is 0 Å². The summed E-state index contributed by atoms with van der Waals surface area (Å²) in [7, 11) is 0. The summed E-state index contributed by atoms with van der Waals surface area (Å²) in [6, 6.07) is 5.38. The third-order valence-corrected chi connectivity index (χ3v) is 8.88. The number of benzene rings is 1. The van der Waals surface area contributed by atoms with E-state index in [0.717, 1.165) is 41.2 Å². The molecule has 1 aromatic heterocycles. The van der Waals surface area contributed by atoms with Crippen molar-refractivity contribution in [1.29, 1.82) is 0 Å². The Morgan fingerprint density at radius 1 is 1.21 bits per heavy atom. The molecule has 2 atom stereocenters. The topological polar surface area (TPSA) is 88.6 Å². The van der Waals surface area contributed by atoms with Crippen molar-refractivity contribution < 1.29 is 19.1 Å². The van der Waals surface area contributed by atoms with Crippen molar-refractivity contribution in [2.24, 2.45) is 11.8 Å². The number of ketones is 2. The maximum Gasteiger partial charge on any atom is 0.224 e. The molecule has 0 bridgehead atoms. The second-order valence-corrected chi connectivity index (χ2v) is 11.9. The van der Waals surface area contributed by atoms with Crippen LogP contribution in [0.4, 0.5) is 0 Å². The summed E-state index contributed by atoms with van der Waals surface area (Å²) in [5, 5.41) is 4.70. The number of hydrogen-bond donors (Lipinski definition) is 1. The number of rotatable bonds is 16. The summed E-state index contributed by atoms with van der Waals surface area (Å²) < 4.78 is 6.52. The number of Topliss-reactive ketones (excluding diaryl/α,β-unsaturated/α-hetero) is 2. The van der Waals surface area contributed by atoms with Crippen molar-refractivity contribution in [3.63, 3.8) is 0 Å². The van der Waals surface area contributed by atoms with Gasteiger partial charge in [0, 0.05) is 62.1 Å². The third kappa shape index (κ3) is 9.48. The van der Waals surface area contributed by atoms with Crippen molar-refractivity contribution in [3.05, 3.63) is 40.4 Å². The minimum Gasteiger partial charge on any atom is -0.381 e. The Morgan fingerprint density at radius 3 is 2.59 bits per heavy atom. The number of amides is 1. The largest absolute Gasteiger partial charge is 0.381 e. The molecular formula is C30H42ClN3O4S. The van der Waals surface area contributed by atoms with Crippen LogP contribution in [0.25, 0.3) is 10.2 Å². The molecule has 3 rings (SSSR count). The first-order chi connectivity index (χ1) is 18.7. The quantitative estimate of drug-likeness (QED) is 0.261. The maximum atomic E-state index is 13.7. The van der Waals surface area contributed by atoms with Crippen molar-refractivity contribution in [2.75, 3.05) is 32.8 Å². The van der Waals surface area contributed by atoms with E-state index in [4.69, 9.17) is 16.3 Å². The number of nitrogens with zero attached hydrogens (tertiary/aromatic N) is 2. The van der Waals surface area contributed by atoms with Crippen LogP contribution in [0.5, 0.6) is 0 Å². The number of ether oxygens (including phenoxy) is 1. The molecule has 1 saturated heterocycles. The fourth-order valence-electron chi connectivity index (χ4n) is 5.03. The number of likely N-dealkylation sites (N-methyl/N-ethyl adjacent to an activating group) is 1. The molecule has 9 heteroatoms. The lowest BCUT2D eigenvalue weighted by Crippen LogP contribution is -2.46. The van der Waals surface area contributed by atoms with E-state index in [1.54, 1.807) is 6.07 Å². The zero-order valence-corrected chi connectivity index (χ0v) is 25.0. The van der Waals surface area contributed by atoms with E-state index in [9.17, 15) is 14.4 Å². The van der Waals surface area contributed by atoms with E-state index in [2.05, 4.69) is 35.6 Å². The predicted molar refractivity (Wildman–Crippen MR) is 158 cm³/mol. The lowest BCUT2D eigenvalue weighted by molar-refractivity contribution is -0.130. The van der Waals surface area contributed by atoms with Gasteiger partial charge in [-0.05, 0) is 56.5 Å². The summed E-state index contributed by atoms with van der Waals surface area (Å²) in [5.74, 6) is -0.369. The third-order valence-electron chi connectivity index (χ3n) is 7.60. The molecule has 2 heterocycles. The van der Waals surface area contributed by atoms with Gasteiger partial charge in [-0.3, -0.25) is 19.3 Å². The Morgan fingerprint density at radius 2 is 1.92 bits per heavy atom. The van der Waals surface area contributed by atoms with E-state index < -0.39 is 5.92 Å². The van der Waals surface area contributed by atoms with Crippen LogP contribution in [0.15, 0.2) is 30.4 Å². The first-order valence-corrected chi connectivity index (χ1v) is 15.3. The van der Waals surface area contributed by atoms with E-state index in [1.165, 1.54) is 11.3 Å². The highest BCUT2D eigenvalue weighted by atomic mass is 35.5. The molecule has 0 radical (unpaired) electrons. The Hall–Kier alpha value is -2.13. The number of hydrogen-bond acceptors (Lipinski definition) is 7. The summed E-state index contributed by atoms with van der Waals surface area (Å²) in [5.41, 5.74) is 1.45. The molecule has 0 unspecified atom stereocenters. The SMILES string of the molecule is C=C(CN(CC)CC)C(=O)CC[C@@H](NC(=O)[C@@H](CC(=O)CC)Cc1nc2ccc(Cl)cc2s1)C1CCOCC1. The van der Waals surface area contributed by atoms with E-state index in [-0.39, 0.29) is 35.9 Å². The molecule has 214 valence electrons. The van der Waals surface area contributed by atoms with Crippen LogP contribution < -0.4 is 5.32 Å². The normalized spacial score (nSPS) is 15.8. The predicted octanol–water partition coefficient (Wildman–Crippen LogP) is 5.64. The van der Waals surface area contributed by atoms with Gasteiger partial charge in [-0.1, -0.05) is 39.0 Å². The highest BCUT2D eigenvalue weighted by molar-refractivity contribution is 7.18. The zero-order chi connectivity index (χ0) is 28.4. The standard InChI is InChI=1S/C30H42ClN3O4S/c1-5-24(35)16-22(17-29-32-26-9-8-23(31)18-28(26)39-29)30(37)33-25(21-12-14-38-15-13-21)10-11-27(36)20(4)19-34(6-2)7-3/h8-9,18,21-22,25H,4-7,10-17,19H2,1-3H3,(H,33,37)/t22-,25+/m0/s1. The first kappa shape index (κ1) is 31.4. The molecule has 0 aliphatic carbocycles. The van der Waals surface area contributed by atoms with Crippen LogP contribution in [-0.4, -0.2) is 66.2 Å². The van der Waals surface area contributed by atoms with Crippen LogP contribution in [0.1, 0.15) is 64.3 Å². The zero-order valence-electron chi connectivity index (χ0n) is 23.5. The van der Waals surface area contributed by atoms with E-state index >= 15 is 0 Å². The van der Waals surface area contributed by atoms with Gasteiger partial charge in [-0.2, -0.15) is 0 Å². The molecule has 1 aliphatic rings. The molecule has 0 spiro atoms. The maximum absolute atomic E-state index is 13.7. The Kier molecular flexibility index (Phi) is 12.6. The number of carbonyl (C=O) groups is 3. The van der Waals surface area contributed by atoms with Crippen LogP contribution >= 0.6 is 22.9 Å². The number of thiazole rings is 1. The minimum atomic E-state index is -0.524. The molecule has 1 aromatic carbocycles. The summed E-state index contributed by atoms with van der Waals surface area (Å²) in [4.78, 5) is 45.9. The Balaban J connectivity index is 1.72. The minimum absolute atomic E-state index is 0.0408. The Labute approximate surface area is 241 Å². The smallest absolute Gasteiger partial charge is 0.224 e. The van der Waals surface area contributed by atoms with Crippen LogP contribution in [0, 0.1) is 11.8 Å². The van der Waals surface area contributed by atoms with Crippen molar-refractivity contribution >= 4 is 50.6 Å².